The van der Waals surface area contributed by atoms with Crippen LogP contribution in [0.5, 0.6) is 5.75 Å². The van der Waals surface area contributed by atoms with Crippen LogP contribution in [0.15, 0.2) is 48.5 Å². The summed E-state index contributed by atoms with van der Waals surface area (Å²) >= 11 is 13.0. The maximum Gasteiger partial charge on any atom is 0.331 e. The number of pyridine rings is 1. The molecule has 0 amide bonds. The number of aromatic nitrogens is 1. The molecule has 6 heteroatoms. The first-order valence-corrected chi connectivity index (χ1v) is 9.97. The van der Waals surface area contributed by atoms with Gasteiger partial charge in [0.15, 0.2) is 0 Å². The molecule has 0 aliphatic carbocycles. The highest BCUT2D eigenvalue weighted by Gasteiger charge is 2.14. The number of esters is 1. The number of halogens is 2. The van der Waals surface area contributed by atoms with Crippen LogP contribution in [0.2, 0.25) is 10.0 Å². The molecule has 29 heavy (non-hydrogen) atoms. The number of hydrogen-bond acceptors (Lipinski definition) is 4. The fourth-order valence-corrected chi connectivity index (χ4v) is 3.59. The highest BCUT2D eigenvalue weighted by molar-refractivity contribution is 6.37. The number of ether oxygens (including phenoxy) is 2. The number of nitrogens with zero attached hydrogens (tertiary/aromatic N) is 1. The van der Waals surface area contributed by atoms with Crippen LogP contribution in [0.3, 0.4) is 0 Å². The quantitative estimate of drug-likeness (QED) is 0.336. The normalized spacial score (nSPS) is 11.6. The Labute approximate surface area is 180 Å². The van der Waals surface area contributed by atoms with Crippen LogP contribution >= 0.6 is 23.2 Å². The van der Waals surface area contributed by atoms with Crippen molar-refractivity contribution in [1.29, 1.82) is 0 Å². The summed E-state index contributed by atoms with van der Waals surface area (Å²) in [6.45, 7) is 5.98. The molecule has 0 fully saturated rings. The molecule has 0 aliphatic heterocycles. The van der Waals surface area contributed by atoms with Crippen LogP contribution in [-0.2, 0) is 16.1 Å². The molecule has 1 heterocycles. The number of rotatable bonds is 6. The average molecular weight is 430 g/mol. The first-order valence-electron chi connectivity index (χ1n) is 9.22. The predicted octanol–water partition coefficient (Wildman–Crippen LogP) is 6.40. The zero-order chi connectivity index (χ0) is 21.0. The van der Waals surface area contributed by atoms with E-state index in [9.17, 15) is 4.79 Å². The molecule has 0 aliphatic rings. The fourth-order valence-electron chi connectivity index (χ4n) is 2.96. The van der Waals surface area contributed by atoms with Gasteiger partial charge in [-0.2, -0.15) is 0 Å². The Morgan fingerprint density at radius 2 is 1.93 bits per heavy atom. The van der Waals surface area contributed by atoms with Crippen molar-refractivity contribution in [1.82, 2.24) is 4.98 Å². The van der Waals surface area contributed by atoms with Gasteiger partial charge in [0.2, 0.25) is 0 Å². The molecular weight excluding hydrogens is 409 g/mol. The van der Waals surface area contributed by atoms with Gasteiger partial charge in [0.25, 0.3) is 0 Å². The number of fused-ring (bicyclic) bond motifs is 1. The van der Waals surface area contributed by atoms with Crippen molar-refractivity contribution in [2.24, 2.45) is 0 Å². The first-order chi connectivity index (χ1) is 13.9. The highest BCUT2D eigenvalue weighted by Crippen LogP contribution is 2.34. The van der Waals surface area contributed by atoms with E-state index in [2.05, 4.69) is 4.98 Å². The van der Waals surface area contributed by atoms with E-state index < -0.39 is 5.97 Å². The number of carbonyl (C=O) groups excluding carboxylic acids is 1. The predicted molar refractivity (Wildman–Crippen MR) is 118 cm³/mol. The van der Waals surface area contributed by atoms with Gasteiger partial charge >= 0.3 is 5.97 Å². The molecule has 0 saturated carbocycles. The van der Waals surface area contributed by atoms with E-state index in [-0.39, 0.29) is 6.61 Å². The second-order valence-corrected chi connectivity index (χ2v) is 7.32. The molecule has 0 spiro atoms. The SMILES string of the molecule is CCOC(=O)/C=C(\C)c1ccc(Cl)c(COc2cccc3ccc(C)nc23)c1Cl. The molecule has 0 saturated heterocycles. The van der Waals surface area contributed by atoms with E-state index in [0.717, 1.165) is 16.6 Å². The zero-order valence-electron chi connectivity index (χ0n) is 16.5. The average Bonchev–Trinajstić information content (AvgIpc) is 2.68. The number of allylic oxidation sites excluding steroid dienone is 1. The van der Waals surface area contributed by atoms with Crippen molar-refractivity contribution in [2.75, 3.05) is 6.61 Å². The Morgan fingerprint density at radius 1 is 1.14 bits per heavy atom. The smallest absolute Gasteiger partial charge is 0.331 e. The number of para-hydroxylation sites is 1. The van der Waals surface area contributed by atoms with Gasteiger partial charge in [0.05, 0.1) is 11.6 Å². The van der Waals surface area contributed by atoms with E-state index in [0.29, 0.717) is 39.1 Å². The lowest BCUT2D eigenvalue weighted by Gasteiger charge is -2.14. The third-order valence-electron chi connectivity index (χ3n) is 4.43. The molecule has 0 bridgehead atoms. The van der Waals surface area contributed by atoms with Crippen LogP contribution < -0.4 is 4.74 Å². The fraction of sp³-hybridized carbons (Fsp3) is 0.217. The summed E-state index contributed by atoms with van der Waals surface area (Å²) in [5.41, 5.74) is 3.73. The molecule has 150 valence electrons. The summed E-state index contributed by atoms with van der Waals surface area (Å²) in [4.78, 5) is 16.3. The molecule has 4 nitrogen and oxygen atoms in total. The minimum absolute atomic E-state index is 0.174. The summed E-state index contributed by atoms with van der Waals surface area (Å²) < 4.78 is 11.0. The van der Waals surface area contributed by atoms with Gasteiger partial charge in [0, 0.05) is 27.7 Å². The number of carbonyl (C=O) groups is 1. The lowest BCUT2D eigenvalue weighted by molar-refractivity contribution is -0.137. The van der Waals surface area contributed by atoms with E-state index in [1.165, 1.54) is 6.08 Å². The van der Waals surface area contributed by atoms with Crippen molar-refractivity contribution >= 4 is 45.6 Å². The van der Waals surface area contributed by atoms with Gasteiger partial charge in [-0.3, -0.25) is 0 Å². The second-order valence-electron chi connectivity index (χ2n) is 6.54. The number of aryl methyl sites for hydroxylation is 1. The van der Waals surface area contributed by atoms with Gasteiger partial charge in [0.1, 0.15) is 17.9 Å². The molecule has 3 rings (SSSR count). The van der Waals surface area contributed by atoms with Crippen LogP contribution in [0.4, 0.5) is 0 Å². The first kappa shape index (κ1) is 21.2. The Balaban J connectivity index is 1.91. The van der Waals surface area contributed by atoms with Gasteiger partial charge < -0.3 is 9.47 Å². The summed E-state index contributed by atoms with van der Waals surface area (Å²) in [5.74, 6) is 0.244. The lowest BCUT2D eigenvalue weighted by atomic mass is 10.0. The summed E-state index contributed by atoms with van der Waals surface area (Å²) in [5, 5.41) is 1.93. The molecular formula is C23H21Cl2NO3. The van der Waals surface area contributed by atoms with E-state index in [4.69, 9.17) is 32.7 Å². The van der Waals surface area contributed by atoms with Gasteiger partial charge in [-0.15, -0.1) is 0 Å². The van der Waals surface area contributed by atoms with Crippen molar-refractivity contribution in [2.45, 2.75) is 27.4 Å². The van der Waals surface area contributed by atoms with Gasteiger partial charge in [-0.1, -0.05) is 47.5 Å². The van der Waals surface area contributed by atoms with Gasteiger partial charge in [-0.05, 0) is 50.1 Å². The van der Waals surface area contributed by atoms with Crippen LogP contribution in [-0.4, -0.2) is 17.6 Å². The molecule has 2 aromatic carbocycles. The Morgan fingerprint density at radius 3 is 2.69 bits per heavy atom. The topological polar surface area (TPSA) is 48.4 Å². The molecule has 0 atom stereocenters. The van der Waals surface area contributed by atoms with Crippen LogP contribution in [0, 0.1) is 6.92 Å². The molecule has 0 unspecified atom stereocenters. The zero-order valence-corrected chi connectivity index (χ0v) is 18.0. The Kier molecular flexibility index (Phi) is 6.78. The molecule has 1 aromatic heterocycles. The largest absolute Gasteiger partial charge is 0.487 e. The van der Waals surface area contributed by atoms with Crippen LogP contribution in [0.1, 0.15) is 30.7 Å². The summed E-state index contributed by atoms with van der Waals surface area (Å²) in [7, 11) is 0. The lowest BCUT2D eigenvalue weighted by Crippen LogP contribution is -2.02. The maximum absolute atomic E-state index is 11.8. The second kappa shape index (κ2) is 9.29. The molecule has 0 radical (unpaired) electrons. The third-order valence-corrected chi connectivity index (χ3v) is 5.21. The van der Waals surface area contributed by atoms with Gasteiger partial charge in [-0.25, -0.2) is 9.78 Å². The van der Waals surface area contributed by atoms with Crippen molar-refractivity contribution < 1.29 is 14.3 Å². The molecule has 3 aromatic rings. The minimum atomic E-state index is -0.411. The Bertz CT molecular complexity index is 1090. The molecule has 0 N–H and O–H groups in total. The Hall–Kier alpha value is -2.56. The number of benzene rings is 2. The maximum atomic E-state index is 11.8. The van der Waals surface area contributed by atoms with E-state index in [1.54, 1.807) is 26.0 Å². The minimum Gasteiger partial charge on any atom is -0.487 e. The van der Waals surface area contributed by atoms with Crippen molar-refractivity contribution in [3.05, 3.63) is 75.4 Å². The third kappa shape index (κ3) is 4.89. The summed E-state index contributed by atoms with van der Waals surface area (Å²) in [6, 6.07) is 13.3. The van der Waals surface area contributed by atoms with E-state index >= 15 is 0 Å². The van der Waals surface area contributed by atoms with Crippen molar-refractivity contribution in [3.8, 4) is 5.75 Å². The van der Waals surface area contributed by atoms with E-state index in [1.807, 2.05) is 37.3 Å². The standard InChI is InChI=1S/C23H21Cl2NO3/c1-4-28-21(27)12-14(2)17-10-11-19(24)18(22(17)25)13-29-20-7-5-6-16-9-8-15(3)26-23(16)20/h5-12H,4,13H2,1-3H3/b14-12+. The van der Waals surface area contributed by atoms with Crippen LogP contribution in [0.25, 0.3) is 16.5 Å². The summed E-state index contributed by atoms with van der Waals surface area (Å²) in [6.07, 6.45) is 1.42. The number of hydrogen-bond donors (Lipinski definition) is 0. The van der Waals surface area contributed by atoms with Crippen molar-refractivity contribution in [3.63, 3.8) is 0 Å². The monoisotopic (exact) mass is 429 g/mol. The highest BCUT2D eigenvalue weighted by atomic mass is 35.5.